The number of carbonyl (C=O) groups excluding carboxylic acids is 2. The lowest BCUT2D eigenvalue weighted by Gasteiger charge is -2.04. The zero-order valence-corrected chi connectivity index (χ0v) is 8.92. The van der Waals surface area contributed by atoms with Crippen LogP contribution in [0.2, 0.25) is 6.32 Å². The fourth-order valence-electron chi connectivity index (χ4n) is 1.01. The van der Waals surface area contributed by atoms with Crippen molar-refractivity contribution in [3.8, 4) is 0 Å². The normalized spacial score (nSPS) is 9.33. The number of hydrogen-bond acceptors (Lipinski definition) is 2. The van der Waals surface area contributed by atoms with Crippen molar-refractivity contribution in [3.05, 3.63) is 12.7 Å². The minimum absolute atomic E-state index is 0.0371. The van der Waals surface area contributed by atoms with Crippen LogP contribution in [0.5, 0.6) is 0 Å². The van der Waals surface area contributed by atoms with Crippen molar-refractivity contribution in [1.82, 2.24) is 10.6 Å². The van der Waals surface area contributed by atoms with Gasteiger partial charge in [-0.3, -0.25) is 9.59 Å². The van der Waals surface area contributed by atoms with Crippen molar-refractivity contribution in [1.29, 1.82) is 0 Å². The van der Waals surface area contributed by atoms with Gasteiger partial charge in [-0.25, -0.2) is 0 Å². The third-order valence-electron chi connectivity index (χ3n) is 1.85. The minimum Gasteiger partial charge on any atom is -0.357 e. The molecule has 0 aliphatic heterocycles. The Morgan fingerprint density at radius 3 is 2.27 bits per heavy atom. The van der Waals surface area contributed by atoms with Crippen molar-refractivity contribution in [2.75, 3.05) is 13.1 Å². The van der Waals surface area contributed by atoms with E-state index >= 15 is 0 Å². The van der Waals surface area contributed by atoms with Crippen LogP contribution in [-0.2, 0) is 9.59 Å². The fraction of sp³-hybridized carbons (Fsp3) is 0.600. The Bertz CT molecular complexity index is 219. The molecule has 0 bridgehead atoms. The van der Waals surface area contributed by atoms with Gasteiger partial charge in [0, 0.05) is 13.1 Å². The van der Waals surface area contributed by atoms with Crippen LogP contribution in [-0.4, -0.2) is 32.8 Å². The van der Waals surface area contributed by atoms with Crippen LogP contribution >= 0.6 is 0 Å². The molecule has 0 unspecified atom stereocenters. The molecule has 2 amide bonds. The van der Waals surface area contributed by atoms with Gasteiger partial charge in [-0.1, -0.05) is 6.58 Å². The van der Waals surface area contributed by atoms with Gasteiger partial charge in [0.05, 0.1) is 7.85 Å². The first-order valence-electron chi connectivity index (χ1n) is 5.07. The Labute approximate surface area is 91.9 Å². The molecule has 82 valence electrons. The predicted octanol–water partition coefficient (Wildman–Crippen LogP) is 0.162. The number of hydrogen-bond donors (Lipinski definition) is 2. The van der Waals surface area contributed by atoms with E-state index in [4.69, 9.17) is 7.85 Å². The van der Waals surface area contributed by atoms with Crippen LogP contribution in [0.1, 0.15) is 19.3 Å². The molecule has 0 saturated heterocycles. The number of rotatable bonds is 8. The summed E-state index contributed by atoms with van der Waals surface area (Å²) in [6.45, 7) is 4.64. The lowest BCUT2D eigenvalue weighted by atomic mass is 10.1. The van der Waals surface area contributed by atoms with Gasteiger partial charge in [0.1, 0.15) is 0 Å². The highest BCUT2D eigenvalue weighted by Gasteiger charge is 1.95. The third kappa shape index (κ3) is 9.06. The zero-order chi connectivity index (χ0) is 11.5. The molecule has 2 N–H and O–H groups in total. The summed E-state index contributed by atoms with van der Waals surface area (Å²) in [7, 11) is 5.11. The number of nitrogens with one attached hydrogen (secondary N) is 2. The van der Waals surface area contributed by atoms with E-state index in [2.05, 4.69) is 17.2 Å². The molecule has 4 nitrogen and oxygen atoms in total. The first kappa shape index (κ1) is 13.7. The average Bonchev–Trinajstić information content (AvgIpc) is 2.26. The summed E-state index contributed by atoms with van der Waals surface area (Å²) in [5.74, 6) is -0.276. The van der Waals surface area contributed by atoms with Crippen molar-refractivity contribution in [3.63, 3.8) is 0 Å². The number of carbonyl (C=O) groups is 2. The van der Waals surface area contributed by atoms with Crippen LogP contribution < -0.4 is 10.6 Å². The van der Waals surface area contributed by atoms with Crippen LogP contribution in [0, 0.1) is 0 Å². The molecule has 0 atom stereocenters. The molecule has 0 spiro atoms. The second kappa shape index (κ2) is 9.31. The smallest absolute Gasteiger partial charge is 0.243 e. The first-order chi connectivity index (χ1) is 7.20. The van der Waals surface area contributed by atoms with Gasteiger partial charge in [0.2, 0.25) is 11.8 Å². The fourth-order valence-corrected chi connectivity index (χ4v) is 1.01. The van der Waals surface area contributed by atoms with E-state index in [1.54, 1.807) is 0 Å². The molecule has 0 aromatic rings. The maximum atomic E-state index is 10.7. The summed E-state index contributed by atoms with van der Waals surface area (Å²) < 4.78 is 0. The molecule has 0 fully saturated rings. The Kier molecular flexibility index (Phi) is 8.53. The molecule has 0 aliphatic rings. The molecule has 0 aromatic heterocycles. The van der Waals surface area contributed by atoms with Crippen molar-refractivity contribution in [2.45, 2.75) is 25.6 Å². The van der Waals surface area contributed by atoms with Crippen molar-refractivity contribution < 1.29 is 9.59 Å². The van der Waals surface area contributed by atoms with Gasteiger partial charge >= 0.3 is 0 Å². The van der Waals surface area contributed by atoms with Gasteiger partial charge in [0.25, 0.3) is 0 Å². The van der Waals surface area contributed by atoms with E-state index in [1.165, 1.54) is 6.08 Å². The molecule has 0 saturated carbocycles. The van der Waals surface area contributed by atoms with E-state index in [1.807, 2.05) is 0 Å². The molecule has 0 aromatic carbocycles. The molecule has 5 heteroatoms. The zero-order valence-electron chi connectivity index (χ0n) is 8.92. The van der Waals surface area contributed by atoms with E-state index in [0.717, 1.165) is 19.3 Å². The summed E-state index contributed by atoms with van der Waals surface area (Å²) in [6, 6.07) is 0. The lowest BCUT2D eigenvalue weighted by molar-refractivity contribution is -0.119. The predicted molar refractivity (Wildman–Crippen MR) is 60.6 cm³/mol. The van der Waals surface area contributed by atoms with E-state index in [-0.39, 0.29) is 18.1 Å². The van der Waals surface area contributed by atoms with Crippen molar-refractivity contribution in [2.24, 2.45) is 0 Å². The Hall–Kier alpha value is -1.26. The Morgan fingerprint density at radius 2 is 1.73 bits per heavy atom. The first-order valence-corrected chi connectivity index (χ1v) is 5.07. The molecular weight excluding hydrogens is 191 g/mol. The van der Waals surface area contributed by atoms with E-state index in [0.29, 0.717) is 13.1 Å². The van der Waals surface area contributed by atoms with Gasteiger partial charge in [-0.2, -0.15) is 0 Å². The topological polar surface area (TPSA) is 58.2 Å². The van der Waals surface area contributed by atoms with Crippen LogP contribution in [0.15, 0.2) is 12.7 Å². The molecule has 0 aliphatic carbocycles. The largest absolute Gasteiger partial charge is 0.357 e. The van der Waals surface area contributed by atoms with E-state index < -0.39 is 0 Å². The standard InChI is InChI=1S/C10H17BN2O2/c1-2-9(14)12-6-4-3-5-7-13-10(15)8-11/h2H,1,3-8H2,(H,12,14)(H,13,15). The summed E-state index contributed by atoms with van der Waals surface area (Å²) in [6.07, 6.45) is 4.05. The molecule has 0 rings (SSSR count). The van der Waals surface area contributed by atoms with E-state index in [9.17, 15) is 9.59 Å². The lowest BCUT2D eigenvalue weighted by Crippen LogP contribution is -2.24. The summed E-state index contributed by atoms with van der Waals surface area (Å²) in [4.78, 5) is 21.5. The van der Waals surface area contributed by atoms with Crippen LogP contribution in [0.3, 0.4) is 0 Å². The van der Waals surface area contributed by atoms with Crippen LogP contribution in [0.25, 0.3) is 0 Å². The summed E-state index contributed by atoms with van der Waals surface area (Å²) in [5.41, 5.74) is 0. The number of amides is 2. The molecule has 2 radical (unpaired) electrons. The monoisotopic (exact) mass is 208 g/mol. The highest BCUT2D eigenvalue weighted by Crippen LogP contribution is 1.92. The van der Waals surface area contributed by atoms with Crippen LogP contribution in [0.4, 0.5) is 0 Å². The summed E-state index contributed by atoms with van der Waals surface area (Å²) >= 11 is 0. The highest BCUT2D eigenvalue weighted by molar-refractivity contribution is 6.19. The summed E-state index contributed by atoms with van der Waals surface area (Å²) in [5, 5.41) is 5.35. The highest BCUT2D eigenvalue weighted by atomic mass is 16.2. The second-order valence-corrected chi connectivity index (χ2v) is 3.11. The Morgan fingerprint density at radius 1 is 1.13 bits per heavy atom. The third-order valence-corrected chi connectivity index (χ3v) is 1.85. The van der Waals surface area contributed by atoms with Gasteiger partial charge < -0.3 is 10.6 Å². The molecule has 0 heterocycles. The molecule has 15 heavy (non-hydrogen) atoms. The molecular formula is C10H17BN2O2. The second-order valence-electron chi connectivity index (χ2n) is 3.11. The van der Waals surface area contributed by atoms with Gasteiger partial charge in [-0.05, 0) is 31.7 Å². The minimum atomic E-state index is -0.147. The maximum absolute atomic E-state index is 10.7. The Balaban J connectivity index is 3.15. The average molecular weight is 208 g/mol. The number of unbranched alkanes of at least 4 members (excludes halogenated alkanes) is 2. The van der Waals surface area contributed by atoms with Gasteiger partial charge in [0.15, 0.2) is 0 Å². The van der Waals surface area contributed by atoms with Gasteiger partial charge in [-0.15, -0.1) is 0 Å². The SMILES string of the molecule is [B]CC(=O)NCCCCCNC(=O)C=C. The maximum Gasteiger partial charge on any atom is 0.243 e. The van der Waals surface area contributed by atoms with Crippen molar-refractivity contribution >= 4 is 19.7 Å². The quantitative estimate of drug-likeness (QED) is 0.339.